The van der Waals surface area contributed by atoms with Crippen LogP contribution in [0, 0.1) is 5.92 Å². The molecule has 1 rings (SSSR count). The molecule has 0 aromatic rings. The van der Waals surface area contributed by atoms with Gasteiger partial charge in [0.1, 0.15) is 5.60 Å². The van der Waals surface area contributed by atoms with Gasteiger partial charge in [-0.25, -0.2) is 4.79 Å². The minimum absolute atomic E-state index is 0.00437. The standard InChI is InChI=1S/C19H38N4O3/c1-6-8-16(23-18(24)26-19(2,3)4)13-22-17(20-5)21-11-7-12-25-14-15-9-10-15/h15-16H,6-14H2,1-5H3,(H,23,24)(H2,20,21,22). The van der Waals surface area contributed by atoms with E-state index in [-0.39, 0.29) is 12.1 Å². The van der Waals surface area contributed by atoms with Crippen molar-refractivity contribution in [1.82, 2.24) is 16.0 Å². The van der Waals surface area contributed by atoms with Gasteiger partial charge in [-0.1, -0.05) is 13.3 Å². The van der Waals surface area contributed by atoms with Crippen molar-refractivity contribution in [2.24, 2.45) is 10.9 Å². The molecular formula is C19H38N4O3. The van der Waals surface area contributed by atoms with E-state index >= 15 is 0 Å². The number of carbonyl (C=O) groups excluding carboxylic acids is 1. The number of ether oxygens (including phenoxy) is 2. The van der Waals surface area contributed by atoms with Crippen LogP contribution in [0.5, 0.6) is 0 Å². The minimum Gasteiger partial charge on any atom is -0.444 e. The number of alkyl carbamates (subject to hydrolysis) is 1. The molecule has 1 atom stereocenters. The molecule has 7 nitrogen and oxygen atoms in total. The third-order valence-corrected chi connectivity index (χ3v) is 3.91. The zero-order chi connectivity index (χ0) is 19.4. The van der Waals surface area contributed by atoms with E-state index in [4.69, 9.17) is 9.47 Å². The molecule has 7 heteroatoms. The zero-order valence-corrected chi connectivity index (χ0v) is 17.2. The van der Waals surface area contributed by atoms with E-state index in [0.717, 1.165) is 50.9 Å². The van der Waals surface area contributed by atoms with Gasteiger partial charge in [0, 0.05) is 39.4 Å². The fourth-order valence-corrected chi connectivity index (χ4v) is 2.40. The van der Waals surface area contributed by atoms with Gasteiger partial charge >= 0.3 is 6.09 Å². The first kappa shape index (κ1) is 22.5. The fraction of sp³-hybridized carbons (Fsp3) is 0.895. The molecule has 0 spiro atoms. The van der Waals surface area contributed by atoms with Crippen LogP contribution in [0.15, 0.2) is 4.99 Å². The monoisotopic (exact) mass is 370 g/mol. The topological polar surface area (TPSA) is 84.0 Å². The van der Waals surface area contributed by atoms with Gasteiger partial charge in [-0.2, -0.15) is 0 Å². The van der Waals surface area contributed by atoms with Gasteiger partial charge in [0.25, 0.3) is 0 Å². The maximum atomic E-state index is 12.0. The Bertz CT molecular complexity index is 431. The van der Waals surface area contributed by atoms with Crippen molar-refractivity contribution < 1.29 is 14.3 Å². The van der Waals surface area contributed by atoms with Crippen LogP contribution in [-0.4, -0.2) is 57.0 Å². The number of rotatable bonds is 11. The molecule has 0 bridgehead atoms. The van der Waals surface area contributed by atoms with Crippen molar-refractivity contribution in [2.75, 3.05) is 33.4 Å². The lowest BCUT2D eigenvalue weighted by atomic mass is 10.1. The lowest BCUT2D eigenvalue weighted by Gasteiger charge is -2.24. The average Bonchev–Trinajstić information content (AvgIpc) is 3.36. The molecule has 0 radical (unpaired) electrons. The molecular weight excluding hydrogens is 332 g/mol. The highest BCUT2D eigenvalue weighted by atomic mass is 16.6. The normalized spacial score (nSPS) is 16.1. The summed E-state index contributed by atoms with van der Waals surface area (Å²) in [6.45, 7) is 10.8. The Morgan fingerprint density at radius 1 is 1.27 bits per heavy atom. The van der Waals surface area contributed by atoms with E-state index in [2.05, 4.69) is 27.9 Å². The summed E-state index contributed by atoms with van der Waals surface area (Å²) in [5, 5.41) is 9.47. The van der Waals surface area contributed by atoms with E-state index < -0.39 is 5.60 Å². The van der Waals surface area contributed by atoms with Gasteiger partial charge < -0.3 is 25.4 Å². The largest absolute Gasteiger partial charge is 0.444 e. The molecule has 0 aromatic heterocycles. The van der Waals surface area contributed by atoms with Crippen molar-refractivity contribution in [3.05, 3.63) is 0 Å². The van der Waals surface area contributed by atoms with Gasteiger partial charge in [0.2, 0.25) is 0 Å². The molecule has 1 saturated carbocycles. The van der Waals surface area contributed by atoms with Crippen LogP contribution >= 0.6 is 0 Å². The Labute approximate surface area is 158 Å². The second kappa shape index (κ2) is 12.0. The average molecular weight is 371 g/mol. The first-order valence-corrected chi connectivity index (χ1v) is 9.85. The predicted octanol–water partition coefficient (Wildman–Crippen LogP) is 2.66. The van der Waals surface area contributed by atoms with Crippen molar-refractivity contribution >= 4 is 12.1 Å². The van der Waals surface area contributed by atoms with Gasteiger partial charge in [0.05, 0.1) is 0 Å². The van der Waals surface area contributed by atoms with Crippen molar-refractivity contribution in [3.8, 4) is 0 Å². The second-order valence-electron chi connectivity index (χ2n) is 7.88. The molecule has 26 heavy (non-hydrogen) atoms. The predicted molar refractivity (Wildman–Crippen MR) is 106 cm³/mol. The summed E-state index contributed by atoms with van der Waals surface area (Å²) in [6.07, 6.45) is 5.07. The minimum atomic E-state index is -0.493. The quantitative estimate of drug-likeness (QED) is 0.296. The first-order valence-electron chi connectivity index (χ1n) is 9.85. The molecule has 152 valence electrons. The van der Waals surface area contributed by atoms with E-state index in [1.54, 1.807) is 7.05 Å². The molecule has 1 unspecified atom stereocenters. The molecule has 0 aliphatic heterocycles. The Morgan fingerprint density at radius 2 is 2.00 bits per heavy atom. The number of guanidine groups is 1. The van der Waals surface area contributed by atoms with E-state index in [9.17, 15) is 4.79 Å². The molecule has 1 fully saturated rings. The highest BCUT2D eigenvalue weighted by Crippen LogP contribution is 2.28. The number of carbonyl (C=O) groups is 1. The fourth-order valence-electron chi connectivity index (χ4n) is 2.40. The zero-order valence-electron chi connectivity index (χ0n) is 17.2. The summed E-state index contributed by atoms with van der Waals surface area (Å²) in [7, 11) is 1.75. The van der Waals surface area contributed by atoms with Crippen LogP contribution in [-0.2, 0) is 9.47 Å². The Kier molecular flexibility index (Phi) is 10.4. The second-order valence-corrected chi connectivity index (χ2v) is 7.88. The van der Waals surface area contributed by atoms with Crippen LogP contribution in [0.4, 0.5) is 4.79 Å². The molecule has 3 N–H and O–H groups in total. The first-order chi connectivity index (χ1) is 12.3. The third kappa shape index (κ3) is 12.0. The summed E-state index contributed by atoms with van der Waals surface area (Å²) in [5.74, 6) is 1.55. The Balaban J connectivity index is 2.22. The van der Waals surface area contributed by atoms with Gasteiger partial charge in [-0.15, -0.1) is 0 Å². The third-order valence-electron chi connectivity index (χ3n) is 3.91. The number of nitrogens with one attached hydrogen (secondary N) is 3. The molecule has 0 saturated heterocycles. The van der Waals surface area contributed by atoms with E-state index in [1.165, 1.54) is 12.8 Å². The molecule has 0 heterocycles. The molecule has 0 aromatic carbocycles. The Hall–Kier alpha value is -1.50. The maximum absolute atomic E-state index is 12.0. The Morgan fingerprint density at radius 3 is 2.58 bits per heavy atom. The number of aliphatic imine (C=N–C) groups is 1. The van der Waals surface area contributed by atoms with E-state index in [1.807, 2.05) is 20.8 Å². The lowest BCUT2D eigenvalue weighted by Crippen LogP contribution is -2.48. The van der Waals surface area contributed by atoms with Crippen LogP contribution in [0.2, 0.25) is 0 Å². The van der Waals surface area contributed by atoms with Crippen LogP contribution in [0.1, 0.15) is 59.8 Å². The van der Waals surface area contributed by atoms with Crippen molar-refractivity contribution in [3.63, 3.8) is 0 Å². The number of nitrogens with zero attached hydrogens (tertiary/aromatic N) is 1. The van der Waals surface area contributed by atoms with Gasteiger partial charge in [-0.3, -0.25) is 4.99 Å². The number of amides is 1. The van der Waals surface area contributed by atoms with Crippen molar-refractivity contribution in [1.29, 1.82) is 0 Å². The maximum Gasteiger partial charge on any atom is 0.407 e. The van der Waals surface area contributed by atoms with Crippen LogP contribution in [0.3, 0.4) is 0 Å². The highest BCUT2D eigenvalue weighted by Gasteiger charge is 2.21. The van der Waals surface area contributed by atoms with Gasteiger partial charge in [-0.05, 0) is 52.4 Å². The highest BCUT2D eigenvalue weighted by molar-refractivity contribution is 5.79. The van der Waals surface area contributed by atoms with Crippen LogP contribution < -0.4 is 16.0 Å². The van der Waals surface area contributed by atoms with Crippen LogP contribution in [0.25, 0.3) is 0 Å². The molecule has 1 aliphatic carbocycles. The molecule has 1 amide bonds. The number of hydrogen-bond donors (Lipinski definition) is 3. The summed E-state index contributed by atoms with van der Waals surface area (Å²) in [6, 6.07) is -0.00437. The van der Waals surface area contributed by atoms with E-state index in [0.29, 0.717) is 6.54 Å². The van der Waals surface area contributed by atoms with Crippen molar-refractivity contribution in [2.45, 2.75) is 71.4 Å². The number of hydrogen-bond acceptors (Lipinski definition) is 4. The summed E-state index contributed by atoms with van der Waals surface area (Å²) < 4.78 is 11.0. The van der Waals surface area contributed by atoms with Gasteiger partial charge in [0.15, 0.2) is 5.96 Å². The summed E-state index contributed by atoms with van der Waals surface area (Å²) in [5.41, 5.74) is -0.493. The lowest BCUT2D eigenvalue weighted by molar-refractivity contribution is 0.0502. The summed E-state index contributed by atoms with van der Waals surface area (Å²) in [4.78, 5) is 16.2. The smallest absolute Gasteiger partial charge is 0.407 e. The SMILES string of the molecule is CCCC(CNC(=NC)NCCCOCC1CC1)NC(=O)OC(C)(C)C. The molecule has 1 aliphatic rings. The summed E-state index contributed by atoms with van der Waals surface area (Å²) >= 11 is 0.